The van der Waals surface area contributed by atoms with Gasteiger partial charge in [0.25, 0.3) is 0 Å². The van der Waals surface area contributed by atoms with E-state index in [2.05, 4.69) is 33.1 Å². The number of sulfone groups is 1. The van der Waals surface area contributed by atoms with Crippen LogP contribution in [0.5, 0.6) is 5.75 Å². The van der Waals surface area contributed by atoms with Gasteiger partial charge in [0.1, 0.15) is 5.75 Å². The molecule has 0 aliphatic rings. The maximum absolute atomic E-state index is 13.1. The van der Waals surface area contributed by atoms with Gasteiger partial charge in [-0.2, -0.15) is 4.98 Å². The van der Waals surface area contributed by atoms with Crippen LogP contribution < -0.4 is 20.9 Å². The van der Waals surface area contributed by atoms with Gasteiger partial charge in [-0.3, -0.25) is 10.9 Å². The Balaban J connectivity index is 1.45. The van der Waals surface area contributed by atoms with Gasteiger partial charge >= 0.3 is 6.03 Å². The minimum absolute atomic E-state index is 0.000144. The molecule has 224 valence electrons. The number of unbranched alkanes of at least 4 members (excludes halogenated alkanes) is 9. The molecule has 0 bridgehead atoms. The molecule has 10 heteroatoms. The monoisotopic (exact) mass is 583 g/mol. The summed E-state index contributed by atoms with van der Waals surface area (Å²) < 4.78 is 31.8. The van der Waals surface area contributed by atoms with E-state index in [0.29, 0.717) is 36.9 Å². The van der Waals surface area contributed by atoms with Crippen LogP contribution in [0, 0.1) is 6.92 Å². The van der Waals surface area contributed by atoms with Crippen LogP contribution in [-0.4, -0.2) is 43.3 Å². The van der Waals surface area contributed by atoms with Crippen LogP contribution >= 0.6 is 0 Å². The fourth-order valence-corrected chi connectivity index (χ4v) is 5.65. The number of ether oxygens (including phenoxy) is 1. The molecular formula is C31H45N5O4S. The molecule has 0 unspecified atom stereocenters. The third-order valence-corrected chi connectivity index (χ3v) is 8.38. The van der Waals surface area contributed by atoms with Crippen molar-refractivity contribution in [2.45, 2.75) is 89.6 Å². The van der Waals surface area contributed by atoms with Crippen molar-refractivity contribution in [2.24, 2.45) is 0 Å². The van der Waals surface area contributed by atoms with Crippen LogP contribution in [0.15, 0.2) is 53.7 Å². The molecule has 41 heavy (non-hydrogen) atoms. The van der Waals surface area contributed by atoms with Gasteiger partial charge in [-0.15, -0.1) is 0 Å². The Morgan fingerprint density at radius 2 is 1.49 bits per heavy atom. The van der Waals surface area contributed by atoms with Crippen LogP contribution in [0.3, 0.4) is 0 Å². The first-order valence-electron chi connectivity index (χ1n) is 14.9. The number of hydrogen-bond donors (Lipinski definition) is 3. The van der Waals surface area contributed by atoms with E-state index >= 15 is 0 Å². The number of aromatic nitrogens is 2. The predicted molar refractivity (Wildman–Crippen MR) is 165 cm³/mol. The third-order valence-electron chi connectivity index (χ3n) is 6.82. The van der Waals surface area contributed by atoms with Crippen LogP contribution in [0.2, 0.25) is 0 Å². The number of nitrogens with one attached hydrogen (secondary N) is 3. The Hall–Kier alpha value is -3.40. The summed E-state index contributed by atoms with van der Waals surface area (Å²) in [6.45, 7) is 5.11. The summed E-state index contributed by atoms with van der Waals surface area (Å²) in [5, 5.41) is 3.13. The largest absolute Gasteiger partial charge is 0.494 e. The van der Waals surface area contributed by atoms with Gasteiger partial charge < -0.3 is 10.1 Å². The first-order chi connectivity index (χ1) is 19.9. The molecule has 0 saturated heterocycles. The number of rotatable bonds is 19. The third kappa shape index (κ3) is 11.5. The molecule has 0 aliphatic carbocycles. The number of amides is 2. The summed E-state index contributed by atoms with van der Waals surface area (Å²) >= 11 is 0. The zero-order valence-electron chi connectivity index (χ0n) is 24.5. The molecule has 9 nitrogen and oxygen atoms in total. The maximum atomic E-state index is 13.1. The van der Waals surface area contributed by atoms with Crippen molar-refractivity contribution in [3.8, 4) is 5.75 Å². The Morgan fingerprint density at radius 3 is 2.20 bits per heavy atom. The first-order valence-corrected chi connectivity index (χ1v) is 16.5. The second-order valence-electron chi connectivity index (χ2n) is 10.4. The Labute approximate surface area is 244 Å². The number of fused-ring (bicyclic) bond motifs is 1. The summed E-state index contributed by atoms with van der Waals surface area (Å²) in [5.41, 5.74) is 6.97. The number of anilines is 1. The average Bonchev–Trinajstić information content (AvgIpc) is 2.97. The first kappa shape index (κ1) is 32.1. The van der Waals surface area contributed by atoms with Crippen LogP contribution in [0.25, 0.3) is 10.9 Å². The highest BCUT2D eigenvalue weighted by Gasteiger charge is 2.20. The van der Waals surface area contributed by atoms with E-state index in [-0.39, 0.29) is 16.7 Å². The summed E-state index contributed by atoms with van der Waals surface area (Å²) in [5.74, 6) is 1.02. The van der Waals surface area contributed by atoms with E-state index in [9.17, 15) is 13.2 Å². The lowest BCUT2D eigenvalue weighted by molar-refractivity contribution is 0.241. The molecule has 1 aromatic heterocycles. The van der Waals surface area contributed by atoms with Crippen LogP contribution in [0.4, 0.5) is 10.6 Å². The number of hydrogen-bond acceptors (Lipinski definition) is 7. The normalized spacial score (nSPS) is 11.4. The van der Waals surface area contributed by atoms with Crippen molar-refractivity contribution < 1.29 is 17.9 Å². The van der Waals surface area contributed by atoms with Crippen molar-refractivity contribution in [1.29, 1.82) is 0 Å². The lowest BCUT2D eigenvalue weighted by Crippen LogP contribution is -2.40. The number of urea groups is 1. The molecule has 0 spiro atoms. The number of hydrazine groups is 1. The van der Waals surface area contributed by atoms with Crippen molar-refractivity contribution >= 4 is 32.6 Å². The highest BCUT2D eigenvalue weighted by Crippen LogP contribution is 2.22. The average molecular weight is 584 g/mol. The Morgan fingerprint density at radius 1 is 0.829 bits per heavy atom. The standard InChI is InChI=1S/C31H45N5O4S/c1-3-4-5-6-7-8-9-10-11-14-24-41(38,39)31-33-28-17-13-12-16-27(28)29(34-31)35-36-30(37)32-22-15-23-40-26-20-18-25(2)19-21-26/h12-13,16-21H,3-11,14-15,22-24H2,1-2H3,(H2,32,36,37)(H,33,34,35). The SMILES string of the molecule is CCCCCCCCCCCCS(=O)(=O)c1nc(NNC(=O)NCCCOc2ccc(C)cc2)c2ccccc2n1. The fourth-order valence-electron chi connectivity index (χ4n) is 4.42. The van der Waals surface area contributed by atoms with E-state index in [1.54, 1.807) is 18.2 Å². The predicted octanol–water partition coefficient (Wildman–Crippen LogP) is 6.73. The lowest BCUT2D eigenvalue weighted by atomic mass is 10.1. The van der Waals surface area contributed by atoms with Gasteiger partial charge in [0.05, 0.1) is 17.9 Å². The number of benzene rings is 2. The molecule has 0 atom stereocenters. The van der Waals surface area contributed by atoms with Gasteiger partial charge in [0, 0.05) is 11.9 Å². The quantitative estimate of drug-likeness (QED) is 0.0812. The topological polar surface area (TPSA) is 122 Å². The highest BCUT2D eigenvalue weighted by molar-refractivity contribution is 7.91. The number of nitrogens with zero attached hydrogens (tertiary/aromatic N) is 2. The summed E-state index contributed by atoms with van der Waals surface area (Å²) in [4.78, 5) is 20.9. The molecule has 0 radical (unpaired) electrons. The smallest absolute Gasteiger partial charge is 0.333 e. The van der Waals surface area contributed by atoms with Crippen molar-refractivity contribution in [3.63, 3.8) is 0 Å². The molecule has 0 fully saturated rings. The lowest BCUT2D eigenvalue weighted by Gasteiger charge is -2.13. The zero-order chi connectivity index (χ0) is 29.3. The van der Waals surface area contributed by atoms with E-state index in [0.717, 1.165) is 25.0 Å². The molecular weight excluding hydrogens is 538 g/mol. The second kappa shape index (κ2) is 17.4. The number of aryl methyl sites for hydroxylation is 1. The van der Waals surface area contributed by atoms with Gasteiger partial charge in [-0.25, -0.2) is 18.2 Å². The summed E-state index contributed by atoms with van der Waals surface area (Å²) in [7, 11) is -3.67. The molecule has 3 N–H and O–H groups in total. The van der Waals surface area contributed by atoms with Gasteiger partial charge in [0.2, 0.25) is 15.0 Å². The van der Waals surface area contributed by atoms with Gasteiger partial charge in [-0.05, 0) is 44.0 Å². The molecule has 0 saturated carbocycles. The molecule has 3 aromatic rings. The summed E-state index contributed by atoms with van der Waals surface area (Å²) in [6.07, 6.45) is 11.9. The van der Waals surface area contributed by atoms with E-state index in [4.69, 9.17) is 4.74 Å². The molecule has 2 amide bonds. The number of carbonyl (C=O) groups is 1. The Bertz CT molecular complexity index is 1320. The molecule has 0 aliphatic heterocycles. The van der Waals surface area contributed by atoms with Crippen LogP contribution in [-0.2, 0) is 9.84 Å². The van der Waals surface area contributed by atoms with Crippen molar-refractivity contribution in [2.75, 3.05) is 24.3 Å². The highest BCUT2D eigenvalue weighted by atomic mass is 32.2. The molecule has 3 rings (SSSR count). The van der Waals surface area contributed by atoms with Gasteiger partial charge in [-0.1, -0.05) is 94.5 Å². The van der Waals surface area contributed by atoms with E-state index in [1.807, 2.05) is 37.3 Å². The molecule has 1 heterocycles. The number of carbonyl (C=O) groups excluding carboxylic acids is 1. The van der Waals surface area contributed by atoms with Crippen molar-refractivity contribution in [1.82, 2.24) is 20.7 Å². The maximum Gasteiger partial charge on any atom is 0.333 e. The van der Waals surface area contributed by atoms with E-state index in [1.165, 1.54) is 44.1 Å². The number of para-hydroxylation sites is 1. The van der Waals surface area contributed by atoms with Crippen molar-refractivity contribution in [3.05, 3.63) is 54.1 Å². The zero-order valence-corrected chi connectivity index (χ0v) is 25.3. The Kier molecular flexibility index (Phi) is 13.6. The minimum Gasteiger partial charge on any atom is -0.494 e. The van der Waals surface area contributed by atoms with Crippen LogP contribution in [0.1, 0.15) is 83.1 Å². The van der Waals surface area contributed by atoms with E-state index < -0.39 is 15.9 Å². The molecule has 2 aromatic carbocycles. The summed E-state index contributed by atoms with van der Waals surface area (Å²) in [6, 6.07) is 14.4. The fraction of sp³-hybridized carbons (Fsp3) is 0.516. The minimum atomic E-state index is -3.67. The van der Waals surface area contributed by atoms with Gasteiger partial charge in [0.15, 0.2) is 5.82 Å². The second-order valence-corrected chi connectivity index (χ2v) is 12.4.